The summed E-state index contributed by atoms with van der Waals surface area (Å²) in [6, 6.07) is 0. The van der Waals surface area contributed by atoms with Gasteiger partial charge in [-0.2, -0.15) is 0 Å². The highest BCUT2D eigenvalue weighted by Gasteiger charge is 2.13. The van der Waals surface area contributed by atoms with E-state index in [0.717, 1.165) is 17.1 Å². The molecule has 0 aromatic carbocycles. The summed E-state index contributed by atoms with van der Waals surface area (Å²) in [7, 11) is 0. The van der Waals surface area contributed by atoms with Crippen LogP contribution in [0.5, 0.6) is 0 Å². The lowest BCUT2D eigenvalue weighted by molar-refractivity contribution is 0.322. The summed E-state index contributed by atoms with van der Waals surface area (Å²) < 4.78 is 0. The smallest absolute Gasteiger partial charge is 0.138 e. The molecule has 0 fully saturated rings. The van der Waals surface area contributed by atoms with E-state index in [1.54, 1.807) is 0 Å². The highest BCUT2D eigenvalue weighted by atomic mass is 32.1. The van der Waals surface area contributed by atoms with Crippen LogP contribution in [0.4, 0.5) is 0 Å². The van der Waals surface area contributed by atoms with E-state index >= 15 is 0 Å². The van der Waals surface area contributed by atoms with Gasteiger partial charge in [-0.05, 0) is 11.8 Å². The normalized spacial score (nSPS) is 12.5. The van der Waals surface area contributed by atoms with Crippen LogP contribution in [0.1, 0.15) is 31.5 Å². The Morgan fingerprint density at radius 1 is 1.62 bits per heavy atom. The molecule has 0 saturated carbocycles. The van der Waals surface area contributed by atoms with Gasteiger partial charge in [0.1, 0.15) is 11.2 Å². The second-order valence-electron chi connectivity index (χ2n) is 4.16. The molecule has 0 bridgehead atoms. The molecule has 0 aliphatic heterocycles. The molecule has 1 aromatic heterocycles. The van der Waals surface area contributed by atoms with E-state index in [0.29, 0.717) is 0 Å². The van der Waals surface area contributed by atoms with Crippen molar-refractivity contribution in [2.24, 2.45) is 10.6 Å². The Morgan fingerprint density at radius 2 is 2.31 bits per heavy atom. The maximum Gasteiger partial charge on any atom is 0.138 e. The van der Waals surface area contributed by atoms with Gasteiger partial charge in [0.2, 0.25) is 0 Å². The van der Waals surface area contributed by atoms with Gasteiger partial charge in [0.15, 0.2) is 0 Å². The average Bonchev–Trinajstić information content (AvgIpc) is 2.33. The number of nitrogens with zero attached hydrogens (tertiary/aromatic N) is 2. The first-order valence-electron chi connectivity index (χ1n) is 4.13. The Kier molecular flexibility index (Phi) is 3.03. The third-order valence-corrected chi connectivity index (χ3v) is 2.28. The van der Waals surface area contributed by atoms with Crippen molar-refractivity contribution in [3.8, 4) is 0 Å². The maximum absolute atomic E-state index is 8.30. The average molecular weight is 198 g/mol. The van der Waals surface area contributed by atoms with Gasteiger partial charge in [-0.25, -0.2) is 4.98 Å². The summed E-state index contributed by atoms with van der Waals surface area (Å²) in [5.41, 5.74) is 1.31. The minimum absolute atomic E-state index is 0.252. The second kappa shape index (κ2) is 3.87. The second-order valence-corrected chi connectivity index (χ2v) is 5.05. The van der Waals surface area contributed by atoms with E-state index in [1.807, 2.05) is 5.38 Å². The summed E-state index contributed by atoms with van der Waals surface area (Å²) in [6.07, 6.45) is 2.31. The van der Waals surface area contributed by atoms with Crippen LogP contribution in [-0.2, 0) is 6.42 Å². The molecule has 1 aromatic rings. The zero-order valence-corrected chi connectivity index (χ0v) is 8.93. The van der Waals surface area contributed by atoms with Crippen LogP contribution in [0.2, 0.25) is 0 Å². The summed E-state index contributed by atoms with van der Waals surface area (Å²) in [5.74, 6) is 0. The van der Waals surface area contributed by atoms with Crippen molar-refractivity contribution in [1.82, 2.24) is 4.98 Å². The largest absolute Gasteiger partial charge is 0.411 e. The minimum Gasteiger partial charge on any atom is -0.411 e. The van der Waals surface area contributed by atoms with Crippen molar-refractivity contribution < 1.29 is 5.21 Å². The number of aromatic nitrogens is 1. The van der Waals surface area contributed by atoms with Gasteiger partial charge in [-0.15, -0.1) is 11.3 Å². The van der Waals surface area contributed by atoms with Crippen molar-refractivity contribution >= 4 is 17.6 Å². The van der Waals surface area contributed by atoms with Crippen LogP contribution in [0.25, 0.3) is 0 Å². The van der Waals surface area contributed by atoms with Crippen LogP contribution >= 0.6 is 11.3 Å². The third-order valence-electron chi connectivity index (χ3n) is 1.45. The lowest BCUT2D eigenvalue weighted by atomic mass is 9.91. The molecule has 0 amide bonds. The van der Waals surface area contributed by atoms with Gasteiger partial charge in [-0.3, -0.25) is 0 Å². The SMILES string of the molecule is CC(C)(C)Cc1csc(/C=N/O)n1. The monoisotopic (exact) mass is 198 g/mol. The van der Waals surface area contributed by atoms with Crippen LogP contribution in [-0.4, -0.2) is 16.4 Å². The van der Waals surface area contributed by atoms with Crippen molar-refractivity contribution in [1.29, 1.82) is 0 Å². The summed E-state index contributed by atoms with van der Waals surface area (Å²) in [4.78, 5) is 4.29. The maximum atomic E-state index is 8.30. The molecule has 0 aliphatic rings. The van der Waals surface area contributed by atoms with Gasteiger partial charge in [-0.1, -0.05) is 25.9 Å². The number of oxime groups is 1. The van der Waals surface area contributed by atoms with E-state index in [4.69, 9.17) is 5.21 Å². The number of rotatable bonds is 2. The molecule has 0 saturated heterocycles. The third kappa shape index (κ3) is 3.55. The zero-order valence-electron chi connectivity index (χ0n) is 8.11. The van der Waals surface area contributed by atoms with Gasteiger partial charge in [0.05, 0.1) is 5.69 Å². The quantitative estimate of drug-likeness (QED) is 0.451. The molecule has 0 atom stereocenters. The Morgan fingerprint density at radius 3 is 2.85 bits per heavy atom. The fourth-order valence-corrected chi connectivity index (χ4v) is 1.73. The fraction of sp³-hybridized carbons (Fsp3) is 0.556. The molecule has 13 heavy (non-hydrogen) atoms. The predicted octanol–water partition coefficient (Wildman–Crippen LogP) is 2.54. The predicted molar refractivity (Wildman–Crippen MR) is 54.7 cm³/mol. The van der Waals surface area contributed by atoms with Crippen molar-refractivity contribution in [3.63, 3.8) is 0 Å². The van der Waals surface area contributed by atoms with E-state index in [-0.39, 0.29) is 5.41 Å². The Balaban J connectivity index is 2.69. The molecule has 1 heterocycles. The molecular formula is C9H14N2OS. The fourth-order valence-electron chi connectivity index (χ4n) is 1.06. The number of hydrogen-bond acceptors (Lipinski definition) is 4. The number of thiazole rings is 1. The molecule has 72 valence electrons. The Hall–Kier alpha value is -0.900. The molecule has 4 heteroatoms. The first-order chi connectivity index (χ1) is 6.01. The van der Waals surface area contributed by atoms with Crippen LogP contribution in [0.3, 0.4) is 0 Å². The minimum atomic E-state index is 0.252. The van der Waals surface area contributed by atoms with Crippen LogP contribution in [0, 0.1) is 5.41 Å². The molecular weight excluding hydrogens is 184 g/mol. The van der Waals surface area contributed by atoms with E-state index in [2.05, 4.69) is 30.9 Å². The van der Waals surface area contributed by atoms with Gasteiger partial charge in [0, 0.05) is 5.38 Å². The molecule has 0 unspecified atom stereocenters. The Labute approximate surface area is 82.1 Å². The summed E-state index contributed by atoms with van der Waals surface area (Å²) in [5, 5.41) is 14.0. The molecule has 1 rings (SSSR count). The van der Waals surface area contributed by atoms with Crippen LogP contribution in [0.15, 0.2) is 10.5 Å². The molecule has 0 radical (unpaired) electrons. The van der Waals surface area contributed by atoms with Gasteiger partial charge in [0.25, 0.3) is 0 Å². The standard InChI is InChI=1S/C9H14N2OS/c1-9(2,3)4-7-6-13-8(11-7)5-10-12/h5-6,12H,4H2,1-3H3/b10-5+. The van der Waals surface area contributed by atoms with E-state index < -0.39 is 0 Å². The van der Waals surface area contributed by atoms with Crippen molar-refractivity contribution in [2.45, 2.75) is 27.2 Å². The zero-order chi connectivity index (χ0) is 9.90. The van der Waals surface area contributed by atoms with Gasteiger partial charge < -0.3 is 5.21 Å². The molecule has 0 spiro atoms. The Bertz CT molecular complexity index is 299. The van der Waals surface area contributed by atoms with Crippen LogP contribution < -0.4 is 0 Å². The summed E-state index contributed by atoms with van der Waals surface area (Å²) >= 11 is 1.49. The van der Waals surface area contributed by atoms with Gasteiger partial charge >= 0.3 is 0 Å². The van der Waals surface area contributed by atoms with Crippen molar-refractivity contribution in [2.75, 3.05) is 0 Å². The van der Waals surface area contributed by atoms with E-state index in [1.165, 1.54) is 17.6 Å². The number of hydrogen-bond donors (Lipinski definition) is 1. The summed E-state index contributed by atoms with van der Waals surface area (Å²) in [6.45, 7) is 6.52. The first-order valence-corrected chi connectivity index (χ1v) is 5.01. The topological polar surface area (TPSA) is 45.5 Å². The lowest BCUT2D eigenvalue weighted by Gasteiger charge is -2.15. The van der Waals surface area contributed by atoms with Crippen molar-refractivity contribution in [3.05, 3.63) is 16.1 Å². The molecule has 1 N–H and O–H groups in total. The van der Waals surface area contributed by atoms with E-state index in [9.17, 15) is 0 Å². The molecule has 3 nitrogen and oxygen atoms in total. The highest BCUT2D eigenvalue weighted by molar-refractivity contribution is 7.11. The molecule has 0 aliphatic carbocycles. The lowest BCUT2D eigenvalue weighted by Crippen LogP contribution is -2.09. The highest BCUT2D eigenvalue weighted by Crippen LogP contribution is 2.21. The first kappa shape index (κ1) is 10.2.